The van der Waals surface area contributed by atoms with Crippen molar-refractivity contribution in [3.05, 3.63) is 40.0 Å². The van der Waals surface area contributed by atoms with Gasteiger partial charge in [-0.2, -0.15) is 4.98 Å². The molecule has 25 heavy (non-hydrogen) atoms. The highest BCUT2D eigenvalue weighted by Gasteiger charge is 2.26. The summed E-state index contributed by atoms with van der Waals surface area (Å²) in [5.74, 6) is 2.18. The van der Waals surface area contributed by atoms with Crippen molar-refractivity contribution in [1.29, 1.82) is 0 Å². The Bertz CT molecular complexity index is 746. The third-order valence-electron chi connectivity index (χ3n) is 4.49. The van der Waals surface area contributed by atoms with E-state index in [-0.39, 0.29) is 12.6 Å². The number of nitrogens with one attached hydrogen (secondary N) is 2. The van der Waals surface area contributed by atoms with Crippen LogP contribution in [0.15, 0.2) is 28.7 Å². The minimum Gasteiger partial charge on any atom is -0.394 e. The quantitative estimate of drug-likeness (QED) is 0.628. The van der Waals surface area contributed by atoms with E-state index in [0.717, 1.165) is 21.7 Å². The molecule has 1 heterocycles. The van der Waals surface area contributed by atoms with Gasteiger partial charge >= 0.3 is 0 Å². The lowest BCUT2D eigenvalue weighted by atomic mass is 10.1. The molecular weight excluding hydrogens is 380 g/mol. The number of benzene rings is 1. The maximum atomic E-state index is 9.57. The van der Waals surface area contributed by atoms with Crippen LogP contribution in [-0.4, -0.2) is 27.7 Å². The van der Waals surface area contributed by atoms with Crippen LogP contribution in [0.1, 0.15) is 43.9 Å². The fourth-order valence-electron chi connectivity index (χ4n) is 2.64. The molecule has 1 aromatic carbocycles. The Balaban J connectivity index is 1.86. The fourth-order valence-corrected chi connectivity index (χ4v) is 2.89. The lowest BCUT2D eigenvalue weighted by Gasteiger charge is -2.20. The SMILES string of the molecule is Cc1cc(Nc2cc(C3CC3)nc(N[C@H](CO)C(C)C)n2)ccc1Br. The first kappa shape index (κ1) is 18.1. The molecule has 1 aliphatic rings. The topological polar surface area (TPSA) is 70.1 Å². The summed E-state index contributed by atoms with van der Waals surface area (Å²) in [6.07, 6.45) is 2.36. The number of anilines is 3. The first-order chi connectivity index (χ1) is 12.0. The smallest absolute Gasteiger partial charge is 0.225 e. The number of aryl methyl sites for hydroxylation is 1. The third-order valence-corrected chi connectivity index (χ3v) is 5.38. The summed E-state index contributed by atoms with van der Waals surface area (Å²) in [6.45, 7) is 6.26. The molecule has 5 nitrogen and oxygen atoms in total. The van der Waals surface area contributed by atoms with Crippen molar-refractivity contribution in [2.24, 2.45) is 5.92 Å². The number of halogens is 1. The lowest BCUT2D eigenvalue weighted by molar-refractivity contribution is 0.248. The Kier molecular flexibility index (Phi) is 5.59. The van der Waals surface area contributed by atoms with Gasteiger partial charge in [0.15, 0.2) is 0 Å². The molecule has 0 aliphatic heterocycles. The second-order valence-corrected chi connectivity index (χ2v) is 7.90. The van der Waals surface area contributed by atoms with Crippen molar-refractivity contribution in [3.63, 3.8) is 0 Å². The summed E-state index contributed by atoms with van der Waals surface area (Å²) >= 11 is 3.53. The number of aromatic nitrogens is 2. The van der Waals surface area contributed by atoms with E-state index in [4.69, 9.17) is 0 Å². The van der Waals surface area contributed by atoms with E-state index >= 15 is 0 Å². The van der Waals surface area contributed by atoms with Gasteiger partial charge in [0.05, 0.1) is 18.3 Å². The van der Waals surface area contributed by atoms with E-state index in [2.05, 4.69) is 63.4 Å². The Morgan fingerprint density at radius 1 is 1.24 bits per heavy atom. The molecule has 3 rings (SSSR count). The molecule has 0 saturated heterocycles. The van der Waals surface area contributed by atoms with Gasteiger partial charge in [0.2, 0.25) is 5.95 Å². The van der Waals surface area contributed by atoms with Crippen molar-refractivity contribution in [1.82, 2.24) is 9.97 Å². The van der Waals surface area contributed by atoms with Crippen LogP contribution in [0.3, 0.4) is 0 Å². The molecule has 0 spiro atoms. The zero-order valence-electron chi connectivity index (χ0n) is 14.9. The van der Waals surface area contributed by atoms with Crippen LogP contribution >= 0.6 is 15.9 Å². The van der Waals surface area contributed by atoms with Gasteiger partial charge in [-0.1, -0.05) is 29.8 Å². The average Bonchev–Trinajstić information content (AvgIpc) is 3.40. The van der Waals surface area contributed by atoms with Gasteiger partial charge in [-0.3, -0.25) is 0 Å². The normalized spacial score (nSPS) is 15.3. The van der Waals surface area contributed by atoms with E-state index in [1.165, 1.54) is 18.4 Å². The summed E-state index contributed by atoms with van der Waals surface area (Å²) in [4.78, 5) is 9.26. The molecule has 1 aromatic heterocycles. The van der Waals surface area contributed by atoms with Gasteiger partial charge in [-0.05, 0) is 49.4 Å². The summed E-state index contributed by atoms with van der Waals surface area (Å²) in [5, 5.41) is 16.2. The summed E-state index contributed by atoms with van der Waals surface area (Å²) in [5.41, 5.74) is 3.23. The molecule has 0 radical (unpaired) electrons. The van der Waals surface area contributed by atoms with Crippen molar-refractivity contribution in [2.75, 3.05) is 17.2 Å². The highest BCUT2D eigenvalue weighted by Crippen LogP contribution is 2.40. The molecule has 1 saturated carbocycles. The molecule has 0 unspecified atom stereocenters. The van der Waals surface area contributed by atoms with E-state index in [1.807, 2.05) is 18.2 Å². The maximum absolute atomic E-state index is 9.57. The summed E-state index contributed by atoms with van der Waals surface area (Å²) < 4.78 is 1.09. The predicted octanol–water partition coefficient (Wildman–Crippen LogP) is 4.60. The van der Waals surface area contributed by atoms with Gasteiger partial charge in [0.1, 0.15) is 5.82 Å². The monoisotopic (exact) mass is 404 g/mol. The van der Waals surface area contributed by atoms with Crippen LogP contribution in [0, 0.1) is 12.8 Å². The third kappa shape index (κ3) is 4.70. The van der Waals surface area contributed by atoms with Gasteiger partial charge in [0.25, 0.3) is 0 Å². The molecule has 134 valence electrons. The Labute approximate surface area is 157 Å². The Hall–Kier alpha value is -1.66. The van der Waals surface area contributed by atoms with Crippen LogP contribution in [0.4, 0.5) is 17.5 Å². The number of hydrogen-bond donors (Lipinski definition) is 3. The molecule has 2 aromatic rings. The Morgan fingerprint density at radius 2 is 2.00 bits per heavy atom. The molecule has 6 heteroatoms. The highest BCUT2D eigenvalue weighted by atomic mass is 79.9. The van der Waals surface area contributed by atoms with E-state index in [1.54, 1.807) is 0 Å². The molecular formula is C19H25BrN4O. The standard InChI is InChI=1S/C19H25BrN4O/c1-11(2)17(10-25)23-19-22-16(13-4-5-13)9-18(24-19)21-14-6-7-15(20)12(3)8-14/h6-9,11,13,17,25H,4-5,10H2,1-3H3,(H2,21,22,23,24)/t17-/m1/s1. The first-order valence-electron chi connectivity index (χ1n) is 8.76. The van der Waals surface area contributed by atoms with Crippen molar-refractivity contribution in [2.45, 2.75) is 45.6 Å². The van der Waals surface area contributed by atoms with E-state index in [0.29, 0.717) is 17.8 Å². The van der Waals surface area contributed by atoms with E-state index < -0.39 is 0 Å². The molecule has 0 amide bonds. The number of aliphatic hydroxyl groups excluding tert-OH is 1. The molecule has 3 N–H and O–H groups in total. The second kappa shape index (κ2) is 7.70. The summed E-state index contributed by atoms with van der Waals surface area (Å²) in [7, 11) is 0. The Morgan fingerprint density at radius 3 is 2.60 bits per heavy atom. The molecule has 1 atom stereocenters. The fraction of sp³-hybridized carbons (Fsp3) is 0.474. The predicted molar refractivity (Wildman–Crippen MR) is 106 cm³/mol. The van der Waals surface area contributed by atoms with Crippen molar-refractivity contribution < 1.29 is 5.11 Å². The zero-order valence-corrected chi connectivity index (χ0v) is 16.5. The van der Waals surface area contributed by atoms with Gasteiger partial charge in [-0.25, -0.2) is 4.98 Å². The largest absolute Gasteiger partial charge is 0.394 e. The highest BCUT2D eigenvalue weighted by molar-refractivity contribution is 9.10. The number of aliphatic hydroxyl groups is 1. The van der Waals surface area contributed by atoms with Gasteiger partial charge < -0.3 is 15.7 Å². The van der Waals surface area contributed by atoms with Crippen LogP contribution in [-0.2, 0) is 0 Å². The average molecular weight is 405 g/mol. The number of rotatable bonds is 7. The van der Waals surface area contributed by atoms with Crippen molar-refractivity contribution in [3.8, 4) is 0 Å². The minimum atomic E-state index is -0.0581. The van der Waals surface area contributed by atoms with Crippen LogP contribution in [0.2, 0.25) is 0 Å². The first-order valence-corrected chi connectivity index (χ1v) is 9.55. The van der Waals surface area contributed by atoms with E-state index in [9.17, 15) is 5.11 Å². The van der Waals surface area contributed by atoms with Crippen LogP contribution in [0.25, 0.3) is 0 Å². The van der Waals surface area contributed by atoms with Crippen LogP contribution in [0.5, 0.6) is 0 Å². The molecule has 1 aliphatic carbocycles. The van der Waals surface area contributed by atoms with Gasteiger partial charge in [-0.15, -0.1) is 0 Å². The number of hydrogen-bond acceptors (Lipinski definition) is 5. The zero-order chi connectivity index (χ0) is 18.0. The van der Waals surface area contributed by atoms with Crippen LogP contribution < -0.4 is 10.6 Å². The lowest BCUT2D eigenvalue weighted by Crippen LogP contribution is -2.30. The minimum absolute atomic E-state index is 0.0581. The number of nitrogens with zero attached hydrogens (tertiary/aromatic N) is 2. The molecule has 1 fully saturated rings. The van der Waals surface area contributed by atoms with Crippen molar-refractivity contribution >= 4 is 33.4 Å². The molecule has 0 bridgehead atoms. The second-order valence-electron chi connectivity index (χ2n) is 7.04. The summed E-state index contributed by atoms with van der Waals surface area (Å²) in [6, 6.07) is 8.11. The van der Waals surface area contributed by atoms with Gasteiger partial charge in [0, 0.05) is 22.1 Å². The maximum Gasteiger partial charge on any atom is 0.225 e.